The number of nitrogens with one attached hydrogen (secondary N) is 1. The van der Waals surface area contributed by atoms with Gasteiger partial charge in [0.1, 0.15) is 16.9 Å². The molecule has 1 aliphatic heterocycles. The standard InChI is InChI=1S/C24H27N3O2S/c1-15-26-21-20(27(15)2)12-19(23(28)25-10-11-30-3)18-8-9-24(29-22(18)21)13-16-6-4-5-7-17(16)14-24/h4-7,12H,8-11,13-14H2,1-3H3,(H,25,28). The van der Waals surface area contributed by atoms with E-state index < -0.39 is 0 Å². The first-order chi connectivity index (χ1) is 14.5. The highest BCUT2D eigenvalue weighted by Crippen LogP contribution is 2.45. The van der Waals surface area contributed by atoms with Gasteiger partial charge in [-0.05, 0) is 43.2 Å². The first-order valence-electron chi connectivity index (χ1n) is 10.5. The fourth-order valence-electron chi connectivity index (χ4n) is 4.90. The number of thioether (sulfide) groups is 1. The van der Waals surface area contributed by atoms with Crippen LogP contribution in [-0.2, 0) is 26.3 Å². The molecular formula is C24H27N3O2S. The summed E-state index contributed by atoms with van der Waals surface area (Å²) in [6.07, 6.45) is 5.63. The highest BCUT2D eigenvalue weighted by atomic mass is 32.2. The zero-order chi connectivity index (χ0) is 20.9. The summed E-state index contributed by atoms with van der Waals surface area (Å²) >= 11 is 1.73. The Morgan fingerprint density at radius 2 is 2.03 bits per heavy atom. The average Bonchev–Trinajstić information content (AvgIpc) is 3.24. The van der Waals surface area contributed by atoms with Crippen LogP contribution in [0, 0.1) is 6.92 Å². The van der Waals surface area contributed by atoms with E-state index in [2.05, 4.69) is 29.6 Å². The van der Waals surface area contributed by atoms with Crippen LogP contribution in [0.3, 0.4) is 0 Å². The molecule has 3 aromatic rings. The van der Waals surface area contributed by atoms with Gasteiger partial charge < -0.3 is 14.6 Å². The van der Waals surface area contributed by atoms with Crippen molar-refractivity contribution in [2.45, 2.75) is 38.2 Å². The number of carbonyl (C=O) groups is 1. The van der Waals surface area contributed by atoms with Crippen molar-refractivity contribution in [3.05, 3.63) is 58.4 Å². The van der Waals surface area contributed by atoms with E-state index in [4.69, 9.17) is 9.72 Å². The zero-order valence-corrected chi connectivity index (χ0v) is 18.6. The number of amides is 1. The maximum absolute atomic E-state index is 13.0. The van der Waals surface area contributed by atoms with Crippen molar-refractivity contribution in [1.29, 1.82) is 0 Å². The van der Waals surface area contributed by atoms with E-state index in [1.165, 1.54) is 11.1 Å². The number of aromatic nitrogens is 2. The third-order valence-corrected chi connectivity index (χ3v) is 7.20. The van der Waals surface area contributed by atoms with Crippen molar-refractivity contribution in [2.75, 3.05) is 18.6 Å². The number of nitrogens with zero attached hydrogens (tertiary/aromatic N) is 2. The second-order valence-corrected chi connectivity index (χ2v) is 9.46. The summed E-state index contributed by atoms with van der Waals surface area (Å²) in [5.74, 6) is 2.62. The van der Waals surface area contributed by atoms with Gasteiger partial charge in [-0.25, -0.2) is 4.98 Å². The van der Waals surface area contributed by atoms with Crippen LogP contribution in [0.25, 0.3) is 11.0 Å². The van der Waals surface area contributed by atoms with E-state index >= 15 is 0 Å². The number of imidazole rings is 1. The summed E-state index contributed by atoms with van der Waals surface area (Å²) < 4.78 is 8.84. The molecule has 0 saturated carbocycles. The second kappa shape index (κ2) is 7.34. The van der Waals surface area contributed by atoms with E-state index in [0.717, 1.165) is 65.2 Å². The number of rotatable bonds is 4. The van der Waals surface area contributed by atoms with Crippen molar-refractivity contribution in [3.63, 3.8) is 0 Å². The maximum atomic E-state index is 13.0. The Morgan fingerprint density at radius 1 is 1.30 bits per heavy atom. The van der Waals surface area contributed by atoms with E-state index in [1.807, 2.05) is 30.9 Å². The summed E-state index contributed by atoms with van der Waals surface area (Å²) in [5.41, 5.74) is 6.08. The van der Waals surface area contributed by atoms with Gasteiger partial charge in [-0.2, -0.15) is 11.8 Å². The summed E-state index contributed by atoms with van der Waals surface area (Å²) in [6, 6.07) is 10.6. The predicted octanol–water partition coefficient (Wildman–Crippen LogP) is 3.84. The number of benzene rings is 2. The van der Waals surface area contributed by atoms with Gasteiger partial charge in [-0.1, -0.05) is 24.3 Å². The Bertz CT molecular complexity index is 1130. The molecular weight excluding hydrogens is 394 g/mol. The van der Waals surface area contributed by atoms with Gasteiger partial charge in [0.2, 0.25) is 0 Å². The van der Waals surface area contributed by atoms with Crippen LogP contribution in [-0.4, -0.2) is 39.6 Å². The molecule has 5 nitrogen and oxygen atoms in total. The molecule has 1 aromatic heterocycles. The van der Waals surface area contributed by atoms with E-state index in [1.54, 1.807) is 11.8 Å². The molecule has 5 rings (SSSR count). The molecule has 0 fully saturated rings. The molecule has 0 bridgehead atoms. The molecule has 2 heterocycles. The minimum absolute atomic E-state index is 0.0182. The summed E-state index contributed by atoms with van der Waals surface area (Å²) in [4.78, 5) is 17.8. The lowest BCUT2D eigenvalue weighted by molar-refractivity contribution is 0.0578. The lowest BCUT2D eigenvalue weighted by Crippen LogP contribution is -2.41. The van der Waals surface area contributed by atoms with Crippen LogP contribution in [0.2, 0.25) is 0 Å². The molecule has 30 heavy (non-hydrogen) atoms. The molecule has 1 N–H and O–H groups in total. The van der Waals surface area contributed by atoms with Crippen LogP contribution in [0.1, 0.15) is 39.3 Å². The molecule has 0 atom stereocenters. The van der Waals surface area contributed by atoms with Gasteiger partial charge in [0, 0.05) is 43.3 Å². The van der Waals surface area contributed by atoms with E-state index in [0.29, 0.717) is 6.54 Å². The molecule has 2 aliphatic rings. The van der Waals surface area contributed by atoms with Crippen molar-refractivity contribution in [3.8, 4) is 5.75 Å². The molecule has 1 amide bonds. The highest BCUT2D eigenvalue weighted by Gasteiger charge is 2.43. The predicted molar refractivity (Wildman–Crippen MR) is 122 cm³/mol. The number of hydrogen-bond acceptors (Lipinski definition) is 4. The molecule has 156 valence electrons. The van der Waals surface area contributed by atoms with Gasteiger partial charge >= 0.3 is 0 Å². The molecule has 6 heteroatoms. The molecule has 0 radical (unpaired) electrons. The summed E-state index contributed by atoms with van der Waals surface area (Å²) in [7, 11) is 2.00. The summed E-state index contributed by atoms with van der Waals surface area (Å²) in [5, 5.41) is 3.07. The first-order valence-corrected chi connectivity index (χ1v) is 11.9. The van der Waals surface area contributed by atoms with Crippen molar-refractivity contribution in [2.24, 2.45) is 7.05 Å². The smallest absolute Gasteiger partial charge is 0.251 e. The van der Waals surface area contributed by atoms with E-state index in [9.17, 15) is 4.79 Å². The number of aryl methyl sites for hydroxylation is 2. The monoisotopic (exact) mass is 421 g/mol. The Morgan fingerprint density at radius 3 is 2.73 bits per heavy atom. The van der Waals surface area contributed by atoms with Gasteiger partial charge in [-0.3, -0.25) is 4.79 Å². The normalized spacial score (nSPS) is 16.4. The van der Waals surface area contributed by atoms with Gasteiger partial charge in [0.25, 0.3) is 5.91 Å². The first kappa shape index (κ1) is 19.5. The third-order valence-electron chi connectivity index (χ3n) is 6.59. The van der Waals surface area contributed by atoms with Gasteiger partial charge in [0.15, 0.2) is 5.75 Å². The number of carbonyl (C=O) groups excluding carboxylic acids is 1. The minimum atomic E-state index is -0.233. The van der Waals surface area contributed by atoms with E-state index in [-0.39, 0.29) is 11.5 Å². The SMILES string of the molecule is CSCCNC(=O)c1cc2c(nc(C)n2C)c2c1CCC1(Cc3ccccc3C1)O2. The van der Waals surface area contributed by atoms with Gasteiger partial charge in [0.05, 0.1) is 5.52 Å². The molecule has 2 aromatic carbocycles. The number of ether oxygens (including phenoxy) is 1. The Kier molecular flexibility index (Phi) is 4.77. The van der Waals surface area contributed by atoms with Crippen LogP contribution < -0.4 is 10.1 Å². The van der Waals surface area contributed by atoms with Crippen LogP contribution in [0.15, 0.2) is 30.3 Å². The largest absolute Gasteiger partial charge is 0.484 e. The highest BCUT2D eigenvalue weighted by molar-refractivity contribution is 7.98. The summed E-state index contributed by atoms with van der Waals surface area (Å²) in [6.45, 7) is 2.66. The third kappa shape index (κ3) is 3.09. The molecule has 1 aliphatic carbocycles. The fourth-order valence-corrected chi connectivity index (χ4v) is 5.21. The minimum Gasteiger partial charge on any atom is -0.484 e. The Labute approximate surface area is 181 Å². The van der Waals surface area contributed by atoms with Crippen LogP contribution in [0.4, 0.5) is 0 Å². The number of fused-ring (bicyclic) bond motifs is 4. The zero-order valence-electron chi connectivity index (χ0n) is 17.7. The average molecular weight is 422 g/mol. The Hall–Kier alpha value is -2.47. The Balaban J connectivity index is 1.58. The quantitative estimate of drug-likeness (QED) is 0.651. The van der Waals surface area contributed by atoms with Crippen molar-refractivity contribution >= 4 is 28.7 Å². The molecule has 1 spiro atoms. The second-order valence-electron chi connectivity index (χ2n) is 8.47. The maximum Gasteiger partial charge on any atom is 0.251 e. The molecule has 0 unspecified atom stereocenters. The fraction of sp³-hybridized carbons (Fsp3) is 0.417. The lowest BCUT2D eigenvalue weighted by Gasteiger charge is -2.36. The van der Waals surface area contributed by atoms with Crippen molar-refractivity contribution < 1.29 is 9.53 Å². The number of hydrogen-bond donors (Lipinski definition) is 1. The van der Waals surface area contributed by atoms with Crippen LogP contribution >= 0.6 is 11.8 Å². The van der Waals surface area contributed by atoms with Gasteiger partial charge in [-0.15, -0.1) is 0 Å². The lowest BCUT2D eigenvalue weighted by atomic mass is 9.86. The van der Waals surface area contributed by atoms with Crippen LogP contribution in [0.5, 0.6) is 5.75 Å². The topological polar surface area (TPSA) is 56.2 Å². The van der Waals surface area contributed by atoms with Crippen molar-refractivity contribution in [1.82, 2.24) is 14.9 Å². The molecule has 0 saturated heterocycles.